The van der Waals surface area contributed by atoms with Gasteiger partial charge in [0.1, 0.15) is 23.7 Å². The smallest absolute Gasteiger partial charge is 0.226 e. The summed E-state index contributed by atoms with van der Waals surface area (Å²) in [5, 5.41) is 3.77. The van der Waals surface area contributed by atoms with Crippen molar-refractivity contribution in [2.24, 2.45) is 5.92 Å². The highest BCUT2D eigenvalue weighted by molar-refractivity contribution is 5.67. The monoisotopic (exact) mass is 476 g/mol. The average Bonchev–Trinajstić information content (AvgIpc) is 3.53. The van der Waals surface area contributed by atoms with Crippen molar-refractivity contribution in [3.63, 3.8) is 0 Å². The summed E-state index contributed by atoms with van der Waals surface area (Å²) in [7, 11) is 1.68. The molecule has 1 saturated heterocycles. The van der Waals surface area contributed by atoms with Gasteiger partial charge in [-0.25, -0.2) is 9.97 Å². The van der Waals surface area contributed by atoms with Gasteiger partial charge < -0.3 is 19.7 Å². The van der Waals surface area contributed by atoms with Crippen LogP contribution in [0.15, 0.2) is 96.2 Å². The van der Waals surface area contributed by atoms with E-state index in [1.54, 1.807) is 7.11 Å². The first kappa shape index (κ1) is 21.2. The van der Waals surface area contributed by atoms with Gasteiger partial charge in [-0.05, 0) is 60.2 Å². The molecule has 3 aromatic rings. The van der Waals surface area contributed by atoms with E-state index in [1.807, 2.05) is 36.7 Å². The van der Waals surface area contributed by atoms with Gasteiger partial charge in [-0.15, -0.1) is 0 Å². The molecule has 0 spiro atoms. The number of rotatable bonds is 4. The first-order chi connectivity index (χ1) is 17.8. The molecule has 4 aliphatic rings. The van der Waals surface area contributed by atoms with Crippen LogP contribution in [0.1, 0.15) is 18.4 Å². The van der Waals surface area contributed by atoms with Crippen LogP contribution in [0.2, 0.25) is 0 Å². The van der Waals surface area contributed by atoms with Crippen LogP contribution in [0.25, 0.3) is 11.1 Å². The van der Waals surface area contributed by atoms with E-state index < -0.39 is 0 Å². The maximum atomic E-state index is 6.58. The van der Waals surface area contributed by atoms with E-state index >= 15 is 0 Å². The van der Waals surface area contributed by atoms with Crippen molar-refractivity contribution in [1.29, 1.82) is 0 Å². The fourth-order valence-corrected chi connectivity index (χ4v) is 5.93. The zero-order valence-electron chi connectivity index (χ0n) is 20.2. The van der Waals surface area contributed by atoms with E-state index in [2.05, 4.69) is 52.7 Å². The fraction of sp³-hybridized carbons (Fsp3) is 0.267. The maximum Gasteiger partial charge on any atom is 0.226 e. The Kier molecular flexibility index (Phi) is 5.05. The number of para-hydroxylation sites is 1. The molecule has 1 aliphatic carbocycles. The molecule has 1 aromatic heterocycles. The molecule has 3 atom stereocenters. The highest BCUT2D eigenvalue weighted by Gasteiger charge is 2.46. The van der Waals surface area contributed by atoms with Gasteiger partial charge in [0.15, 0.2) is 0 Å². The molecule has 6 heteroatoms. The standard InChI is InChI=1S/C30H28N4O2/c1-35-24-12-10-19(11-13-24)23-16-31-30(32-17-23)34-18-22-14-20-6-2-4-8-25(20)33-28(22)29(34)27-15-21-7-3-5-9-26(21)36-27/h2-6,8-13,16-17,21,27,29,33H,7,14-15,18H2,1H3. The fourth-order valence-electron chi connectivity index (χ4n) is 5.93. The van der Waals surface area contributed by atoms with Gasteiger partial charge in [0.2, 0.25) is 5.95 Å². The van der Waals surface area contributed by atoms with Crippen LogP contribution >= 0.6 is 0 Å². The summed E-state index contributed by atoms with van der Waals surface area (Å²) in [5.41, 5.74) is 7.23. The van der Waals surface area contributed by atoms with E-state index in [9.17, 15) is 0 Å². The first-order valence-corrected chi connectivity index (χ1v) is 12.6. The summed E-state index contributed by atoms with van der Waals surface area (Å²) >= 11 is 0. The molecule has 1 N–H and O–H groups in total. The van der Waals surface area contributed by atoms with Crippen LogP contribution in [-0.2, 0) is 11.2 Å². The topological polar surface area (TPSA) is 59.5 Å². The summed E-state index contributed by atoms with van der Waals surface area (Å²) in [4.78, 5) is 12.0. The predicted molar refractivity (Wildman–Crippen MR) is 141 cm³/mol. The van der Waals surface area contributed by atoms with Crippen molar-refractivity contribution >= 4 is 11.6 Å². The van der Waals surface area contributed by atoms with Crippen LogP contribution in [0.5, 0.6) is 5.75 Å². The third-order valence-electron chi connectivity index (χ3n) is 7.76. The number of methoxy groups -OCH3 is 1. The van der Waals surface area contributed by atoms with Crippen LogP contribution in [0.4, 0.5) is 11.6 Å². The normalized spacial score (nSPS) is 23.9. The molecular weight excluding hydrogens is 448 g/mol. The summed E-state index contributed by atoms with van der Waals surface area (Å²) in [6.45, 7) is 0.797. The number of hydrogen-bond acceptors (Lipinski definition) is 6. The average molecular weight is 477 g/mol. The SMILES string of the molecule is COc1ccc(-c2cnc(N3CC4=C(Nc5ccccc5C4)C3C3CC4CC=CC=C4O3)nc2)cc1. The molecule has 2 aromatic carbocycles. The van der Waals surface area contributed by atoms with E-state index in [1.165, 1.54) is 22.5 Å². The van der Waals surface area contributed by atoms with Gasteiger partial charge in [0.25, 0.3) is 0 Å². The van der Waals surface area contributed by atoms with E-state index in [0.717, 1.165) is 54.4 Å². The lowest BCUT2D eigenvalue weighted by Crippen LogP contribution is -2.43. The summed E-state index contributed by atoms with van der Waals surface area (Å²) in [6.07, 6.45) is 13.4. The Hall–Kier alpha value is -4.06. The highest BCUT2D eigenvalue weighted by Crippen LogP contribution is 2.44. The molecule has 1 fully saturated rings. The quantitative estimate of drug-likeness (QED) is 0.536. The largest absolute Gasteiger partial charge is 0.497 e. The molecular formula is C30H28N4O2. The van der Waals surface area contributed by atoms with Crippen LogP contribution in [0.3, 0.4) is 0 Å². The minimum Gasteiger partial charge on any atom is -0.497 e. The number of nitrogens with one attached hydrogen (secondary N) is 1. The lowest BCUT2D eigenvalue weighted by atomic mass is 9.91. The molecule has 3 aliphatic heterocycles. The Balaban J connectivity index is 1.21. The molecule has 3 unspecified atom stereocenters. The Morgan fingerprint density at radius 3 is 2.67 bits per heavy atom. The first-order valence-electron chi connectivity index (χ1n) is 12.6. The number of aromatic nitrogens is 2. The number of hydrogen-bond donors (Lipinski definition) is 1. The van der Waals surface area contributed by atoms with E-state index in [4.69, 9.17) is 19.4 Å². The number of fused-ring (bicyclic) bond motifs is 2. The zero-order valence-corrected chi connectivity index (χ0v) is 20.2. The van der Waals surface area contributed by atoms with Crippen molar-refractivity contribution < 1.29 is 9.47 Å². The third kappa shape index (κ3) is 3.56. The number of anilines is 2. The minimum absolute atomic E-state index is 0.0479. The van der Waals surface area contributed by atoms with Crippen molar-refractivity contribution in [1.82, 2.24) is 9.97 Å². The summed E-state index contributed by atoms with van der Waals surface area (Å²) in [5.74, 6) is 3.15. The molecule has 0 saturated carbocycles. The summed E-state index contributed by atoms with van der Waals surface area (Å²) < 4.78 is 11.9. The Morgan fingerprint density at radius 2 is 1.86 bits per heavy atom. The number of benzene rings is 2. The third-order valence-corrected chi connectivity index (χ3v) is 7.76. The van der Waals surface area contributed by atoms with Gasteiger partial charge in [0, 0.05) is 41.8 Å². The van der Waals surface area contributed by atoms with Crippen LogP contribution in [0, 0.1) is 5.92 Å². The van der Waals surface area contributed by atoms with Gasteiger partial charge in [-0.3, -0.25) is 0 Å². The van der Waals surface area contributed by atoms with Gasteiger partial charge in [-0.1, -0.05) is 42.5 Å². The van der Waals surface area contributed by atoms with E-state index in [-0.39, 0.29) is 12.1 Å². The Morgan fingerprint density at radius 1 is 1.03 bits per heavy atom. The van der Waals surface area contributed by atoms with Crippen LogP contribution < -0.4 is 15.0 Å². The van der Waals surface area contributed by atoms with Crippen molar-refractivity contribution in [3.8, 4) is 16.9 Å². The van der Waals surface area contributed by atoms with E-state index in [0.29, 0.717) is 5.92 Å². The second-order valence-electron chi connectivity index (χ2n) is 9.87. The maximum absolute atomic E-state index is 6.58. The molecule has 7 rings (SSSR count). The van der Waals surface area contributed by atoms with Gasteiger partial charge in [0.05, 0.1) is 7.11 Å². The molecule has 36 heavy (non-hydrogen) atoms. The van der Waals surface area contributed by atoms with Gasteiger partial charge >= 0.3 is 0 Å². The number of allylic oxidation sites excluding steroid dienone is 4. The molecule has 6 nitrogen and oxygen atoms in total. The summed E-state index contributed by atoms with van der Waals surface area (Å²) in [6, 6.07) is 16.6. The Bertz CT molecular complexity index is 1390. The van der Waals surface area contributed by atoms with Crippen molar-refractivity contribution in [2.75, 3.05) is 23.9 Å². The zero-order chi connectivity index (χ0) is 24.1. The Labute approximate surface area is 211 Å². The molecule has 0 bridgehead atoms. The lowest BCUT2D eigenvalue weighted by molar-refractivity contribution is 0.144. The van der Waals surface area contributed by atoms with Gasteiger partial charge in [-0.2, -0.15) is 0 Å². The number of nitrogens with zero attached hydrogens (tertiary/aromatic N) is 3. The minimum atomic E-state index is 0.0479. The second-order valence-corrected chi connectivity index (χ2v) is 9.87. The molecule has 0 radical (unpaired) electrons. The molecule has 4 heterocycles. The lowest BCUT2D eigenvalue weighted by Gasteiger charge is -2.32. The molecule has 180 valence electrons. The predicted octanol–water partition coefficient (Wildman–Crippen LogP) is 5.51. The molecule has 0 amide bonds. The van der Waals surface area contributed by atoms with Crippen molar-refractivity contribution in [2.45, 2.75) is 31.4 Å². The van der Waals surface area contributed by atoms with Crippen molar-refractivity contribution in [3.05, 3.63) is 102 Å². The number of ether oxygens (including phenoxy) is 2. The highest BCUT2D eigenvalue weighted by atomic mass is 16.5. The second kappa shape index (κ2) is 8.55. The van der Waals surface area contributed by atoms with Crippen LogP contribution in [-0.4, -0.2) is 35.8 Å².